The molecule has 3 rings (SSSR count). The van der Waals surface area contributed by atoms with Gasteiger partial charge in [0.25, 0.3) is 0 Å². The Bertz CT molecular complexity index is 424. The van der Waals surface area contributed by atoms with Crippen LogP contribution in [0.5, 0.6) is 0 Å². The fraction of sp³-hybridized carbons (Fsp3) is 0.714. The molecule has 0 bridgehead atoms. The Kier molecular flexibility index (Phi) is 4.14. The molecule has 1 spiro atoms. The van der Waals surface area contributed by atoms with Gasteiger partial charge in [0.2, 0.25) is 5.95 Å². The van der Waals surface area contributed by atoms with E-state index in [0.717, 1.165) is 58.1 Å². The van der Waals surface area contributed by atoms with E-state index in [9.17, 15) is 0 Å². The summed E-state index contributed by atoms with van der Waals surface area (Å²) in [4.78, 5) is 13.2. The first-order valence-corrected chi connectivity index (χ1v) is 7.30. The lowest BCUT2D eigenvalue weighted by molar-refractivity contribution is -0.116. The van der Waals surface area contributed by atoms with Crippen molar-refractivity contribution < 1.29 is 9.84 Å². The van der Waals surface area contributed by atoms with Crippen molar-refractivity contribution in [2.75, 3.05) is 50.8 Å². The van der Waals surface area contributed by atoms with Crippen LogP contribution in [-0.2, 0) is 4.74 Å². The van der Waals surface area contributed by atoms with E-state index in [4.69, 9.17) is 9.84 Å². The Hall–Kier alpha value is -1.24. The maximum Gasteiger partial charge on any atom is 0.225 e. The molecule has 1 N–H and O–H groups in total. The smallest absolute Gasteiger partial charge is 0.225 e. The third kappa shape index (κ3) is 2.92. The molecule has 1 atom stereocenters. The Balaban J connectivity index is 1.70. The lowest BCUT2D eigenvalue weighted by Gasteiger charge is -2.48. The molecule has 0 unspecified atom stereocenters. The summed E-state index contributed by atoms with van der Waals surface area (Å²) < 4.78 is 6.11. The number of hydrogen-bond acceptors (Lipinski definition) is 6. The van der Waals surface area contributed by atoms with Crippen LogP contribution >= 0.6 is 0 Å². The molecular weight excluding hydrogens is 256 g/mol. The number of β-amino-alcohol motifs (C(OH)–C–C–N with tert-alkyl or cyclic N) is 1. The maximum absolute atomic E-state index is 9.12. The minimum atomic E-state index is -0.134. The molecular formula is C14H22N4O2. The number of piperidine rings is 1. The van der Waals surface area contributed by atoms with Crippen molar-refractivity contribution in [2.45, 2.75) is 18.4 Å². The summed E-state index contributed by atoms with van der Waals surface area (Å²) >= 11 is 0. The van der Waals surface area contributed by atoms with Crippen LogP contribution in [-0.4, -0.2) is 71.5 Å². The average molecular weight is 278 g/mol. The molecule has 0 amide bonds. The summed E-state index contributed by atoms with van der Waals surface area (Å²) in [5.41, 5.74) is -0.134. The van der Waals surface area contributed by atoms with E-state index in [1.807, 2.05) is 6.07 Å². The van der Waals surface area contributed by atoms with E-state index in [-0.39, 0.29) is 12.2 Å². The van der Waals surface area contributed by atoms with Gasteiger partial charge in [-0.3, -0.25) is 4.90 Å². The number of aliphatic hydroxyl groups excluding tert-OH is 1. The monoisotopic (exact) mass is 278 g/mol. The van der Waals surface area contributed by atoms with Gasteiger partial charge in [-0.1, -0.05) is 0 Å². The van der Waals surface area contributed by atoms with Crippen LogP contribution in [0.3, 0.4) is 0 Å². The van der Waals surface area contributed by atoms with Crippen LogP contribution in [0.1, 0.15) is 12.8 Å². The van der Waals surface area contributed by atoms with E-state index in [0.29, 0.717) is 0 Å². The number of morpholine rings is 1. The highest BCUT2D eigenvalue weighted by molar-refractivity contribution is 5.31. The highest BCUT2D eigenvalue weighted by Gasteiger charge is 2.40. The Morgan fingerprint density at radius 2 is 2.10 bits per heavy atom. The van der Waals surface area contributed by atoms with Gasteiger partial charge in [0.05, 0.1) is 25.4 Å². The second kappa shape index (κ2) is 6.03. The van der Waals surface area contributed by atoms with Crippen molar-refractivity contribution in [3.8, 4) is 0 Å². The summed E-state index contributed by atoms with van der Waals surface area (Å²) in [5, 5.41) is 9.12. The van der Waals surface area contributed by atoms with E-state index in [1.165, 1.54) is 0 Å². The zero-order valence-corrected chi connectivity index (χ0v) is 11.7. The predicted molar refractivity (Wildman–Crippen MR) is 75.7 cm³/mol. The van der Waals surface area contributed by atoms with Crippen LogP contribution in [0.15, 0.2) is 18.5 Å². The highest BCUT2D eigenvalue weighted by atomic mass is 16.5. The lowest BCUT2D eigenvalue weighted by Crippen LogP contribution is -2.60. The van der Waals surface area contributed by atoms with E-state index < -0.39 is 0 Å². The van der Waals surface area contributed by atoms with Crippen LogP contribution < -0.4 is 4.90 Å². The number of ether oxygens (including phenoxy) is 1. The van der Waals surface area contributed by atoms with Crippen LogP contribution in [0.2, 0.25) is 0 Å². The maximum atomic E-state index is 9.12. The third-order valence-corrected chi connectivity index (χ3v) is 4.12. The van der Waals surface area contributed by atoms with Gasteiger partial charge in [0.15, 0.2) is 0 Å². The predicted octanol–water partition coefficient (Wildman–Crippen LogP) is 0.140. The molecule has 6 heteroatoms. The molecule has 2 aliphatic heterocycles. The van der Waals surface area contributed by atoms with E-state index >= 15 is 0 Å². The summed E-state index contributed by atoms with van der Waals surface area (Å²) in [6.45, 7) is 5.28. The minimum absolute atomic E-state index is 0.134. The second-order valence-corrected chi connectivity index (χ2v) is 5.61. The van der Waals surface area contributed by atoms with Gasteiger partial charge in [-0.05, 0) is 18.9 Å². The van der Waals surface area contributed by atoms with Crippen molar-refractivity contribution in [1.82, 2.24) is 14.9 Å². The number of aromatic nitrogens is 2. The summed E-state index contributed by atoms with van der Waals surface area (Å²) in [5.74, 6) is 0.787. The molecule has 2 aliphatic rings. The first-order chi connectivity index (χ1) is 9.81. The normalized spacial score (nSPS) is 27.9. The first kappa shape index (κ1) is 13.7. The van der Waals surface area contributed by atoms with Crippen molar-refractivity contribution >= 4 is 5.95 Å². The van der Waals surface area contributed by atoms with Gasteiger partial charge in [0, 0.05) is 38.6 Å². The van der Waals surface area contributed by atoms with Gasteiger partial charge < -0.3 is 14.7 Å². The summed E-state index contributed by atoms with van der Waals surface area (Å²) in [7, 11) is 0. The van der Waals surface area contributed by atoms with Gasteiger partial charge in [-0.25, -0.2) is 9.97 Å². The topological polar surface area (TPSA) is 61.7 Å². The molecule has 0 saturated carbocycles. The van der Waals surface area contributed by atoms with Gasteiger partial charge in [-0.15, -0.1) is 0 Å². The Morgan fingerprint density at radius 1 is 1.25 bits per heavy atom. The molecule has 1 aromatic rings. The summed E-state index contributed by atoms with van der Waals surface area (Å²) in [6, 6.07) is 1.84. The average Bonchev–Trinajstić information content (AvgIpc) is 2.49. The first-order valence-electron chi connectivity index (χ1n) is 7.30. The van der Waals surface area contributed by atoms with Gasteiger partial charge >= 0.3 is 0 Å². The van der Waals surface area contributed by atoms with Crippen molar-refractivity contribution in [1.29, 1.82) is 0 Å². The molecule has 1 aromatic heterocycles. The SMILES string of the molecule is OCCN1CCO[C@@]2(CCCN(c3ncccn3)C2)C1. The number of aliphatic hydroxyl groups is 1. The Labute approximate surface area is 119 Å². The zero-order chi connectivity index (χ0) is 13.8. The standard InChI is InChI=1S/C14H22N4O2/c19-9-7-17-8-10-20-14(11-17)3-1-6-18(12-14)13-15-4-2-5-16-13/h2,4-5,19H,1,3,6-12H2/t14-/m0/s1. The quantitative estimate of drug-likeness (QED) is 0.848. The second-order valence-electron chi connectivity index (χ2n) is 5.61. The molecule has 2 fully saturated rings. The molecule has 3 heterocycles. The minimum Gasteiger partial charge on any atom is -0.395 e. The van der Waals surface area contributed by atoms with Crippen LogP contribution in [0, 0.1) is 0 Å². The fourth-order valence-corrected chi connectivity index (χ4v) is 3.23. The molecule has 20 heavy (non-hydrogen) atoms. The van der Waals surface area contributed by atoms with E-state index in [1.54, 1.807) is 12.4 Å². The van der Waals surface area contributed by atoms with Crippen LogP contribution in [0.4, 0.5) is 5.95 Å². The van der Waals surface area contributed by atoms with Gasteiger partial charge in [0.1, 0.15) is 0 Å². The third-order valence-electron chi connectivity index (χ3n) is 4.12. The van der Waals surface area contributed by atoms with Crippen LogP contribution in [0.25, 0.3) is 0 Å². The number of hydrogen-bond donors (Lipinski definition) is 1. The Morgan fingerprint density at radius 3 is 2.90 bits per heavy atom. The summed E-state index contributed by atoms with van der Waals surface area (Å²) in [6.07, 6.45) is 5.72. The lowest BCUT2D eigenvalue weighted by atomic mass is 9.91. The van der Waals surface area contributed by atoms with E-state index in [2.05, 4.69) is 19.8 Å². The molecule has 110 valence electrons. The molecule has 0 radical (unpaired) electrons. The number of anilines is 1. The number of nitrogens with zero attached hydrogens (tertiary/aromatic N) is 4. The van der Waals surface area contributed by atoms with Crippen molar-refractivity contribution in [3.05, 3.63) is 18.5 Å². The molecule has 6 nitrogen and oxygen atoms in total. The van der Waals surface area contributed by atoms with Crippen molar-refractivity contribution in [3.63, 3.8) is 0 Å². The zero-order valence-electron chi connectivity index (χ0n) is 11.7. The highest BCUT2D eigenvalue weighted by Crippen LogP contribution is 2.30. The molecule has 0 aromatic carbocycles. The van der Waals surface area contributed by atoms with Crippen molar-refractivity contribution in [2.24, 2.45) is 0 Å². The fourth-order valence-electron chi connectivity index (χ4n) is 3.23. The number of rotatable bonds is 3. The molecule has 2 saturated heterocycles. The molecule has 0 aliphatic carbocycles. The van der Waals surface area contributed by atoms with Gasteiger partial charge in [-0.2, -0.15) is 0 Å². The largest absolute Gasteiger partial charge is 0.395 e.